The van der Waals surface area contributed by atoms with E-state index < -0.39 is 30.3 Å². The molecule has 0 saturated heterocycles. The number of anilines is 1. The van der Waals surface area contributed by atoms with Crippen LogP contribution in [0.2, 0.25) is 0 Å². The van der Waals surface area contributed by atoms with Crippen LogP contribution in [0, 0.1) is 12.8 Å². The van der Waals surface area contributed by atoms with Crippen LogP contribution in [0.25, 0.3) is 22.0 Å². The number of hydrogen-bond donors (Lipinski definition) is 2. The molecule has 2 N–H and O–H groups in total. The molecule has 0 spiro atoms. The van der Waals surface area contributed by atoms with Gasteiger partial charge in [-0.2, -0.15) is 0 Å². The van der Waals surface area contributed by atoms with Gasteiger partial charge in [0, 0.05) is 48.4 Å². The molecule has 1 amide bonds. The number of carbonyl (C=O) groups is 1. The number of nitrogens with one attached hydrogen (secondary N) is 1. The fourth-order valence-electron chi connectivity index (χ4n) is 3.66. The molecule has 4 rings (SSSR count). The maximum absolute atomic E-state index is 13.1. The number of aromatic nitrogens is 3. The van der Waals surface area contributed by atoms with Gasteiger partial charge in [0.05, 0.1) is 17.3 Å². The summed E-state index contributed by atoms with van der Waals surface area (Å²) in [7, 11) is 1.58. The van der Waals surface area contributed by atoms with Gasteiger partial charge >= 0.3 is 0 Å². The molecule has 0 aliphatic heterocycles. The number of pyridine rings is 3. The second-order valence-electron chi connectivity index (χ2n) is 8.02. The zero-order valence-corrected chi connectivity index (χ0v) is 17.6. The van der Waals surface area contributed by atoms with Gasteiger partial charge < -0.3 is 15.0 Å². The zero-order chi connectivity index (χ0) is 23.2. The van der Waals surface area contributed by atoms with Gasteiger partial charge in [-0.3, -0.25) is 14.6 Å². The van der Waals surface area contributed by atoms with Crippen molar-refractivity contribution in [2.75, 3.05) is 5.32 Å². The Morgan fingerprint density at radius 2 is 2.06 bits per heavy atom. The molecule has 1 aliphatic rings. The van der Waals surface area contributed by atoms with Crippen molar-refractivity contribution >= 4 is 22.6 Å². The van der Waals surface area contributed by atoms with Gasteiger partial charge in [0.1, 0.15) is 11.7 Å². The largest absolute Gasteiger partial charge is 0.386 e. The van der Waals surface area contributed by atoms with Gasteiger partial charge in [0.2, 0.25) is 5.91 Å². The van der Waals surface area contributed by atoms with E-state index in [1.54, 1.807) is 31.5 Å². The van der Waals surface area contributed by atoms with Crippen molar-refractivity contribution in [3.63, 3.8) is 0 Å². The summed E-state index contributed by atoms with van der Waals surface area (Å²) in [5, 5.41) is 13.1. The molecule has 0 radical (unpaired) electrons. The number of rotatable bonds is 6. The SMILES string of the molecule is C=CC[C@@H](O)c1cc(C)c(-c2cc3cnc(NC(=O)[C@@H]4CC4(F)F)cc3n(C)c2=O)cn1. The lowest BCUT2D eigenvalue weighted by Crippen LogP contribution is -2.21. The van der Waals surface area contributed by atoms with Crippen molar-refractivity contribution in [1.29, 1.82) is 0 Å². The van der Waals surface area contributed by atoms with E-state index in [1.165, 1.54) is 16.8 Å². The molecule has 9 heteroatoms. The maximum atomic E-state index is 13.1. The first-order valence-corrected chi connectivity index (χ1v) is 10.1. The van der Waals surface area contributed by atoms with Crippen LogP contribution < -0.4 is 10.9 Å². The van der Waals surface area contributed by atoms with Gasteiger partial charge in [0.15, 0.2) is 0 Å². The minimum absolute atomic E-state index is 0.103. The number of aliphatic hydroxyl groups is 1. The van der Waals surface area contributed by atoms with Gasteiger partial charge in [-0.05, 0) is 31.0 Å². The fraction of sp³-hybridized carbons (Fsp3) is 0.304. The Morgan fingerprint density at radius 1 is 1.34 bits per heavy atom. The van der Waals surface area contributed by atoms with Crippen LogP contribution in [0.3, 0.4) is 0 Å². The third-order valence-corrected chi connectivity index (χ3v) is 5.66. The van der Waals surface area contributed by atoms with Crippen molar-refractivity contribution in [2.24, 2.45) is 13.0 Å². The molecular weight excluding hydrogens is 418 g/mol. The summed E-state index contributed by atoms with van der Waals surface area (Å²) in [4.78, 5) is 33.4. The first-order chi connectivity index (χ1) is 15.1. The van der Waals surface area contributed by atoms with E-state index in [2.05, 4.69) is 21.9 Å². The minimum atomic E-state index is -2.97. The minimum Gasteiger partial charge on any atom is -0.386 e. The molecule has 2 atom stereocenters. The highest BCUT2D eigenvalue weighted by Gasteiger charge is 2.61. The maximum Gasteiger partial charge on any atom is 0.260 e. The summed E-state index contributed by atoms with van der Waals surface area (Å²) >= 11 is 0. The number of halogens is 2. The molecule has 0 unspecified atom stereocenters. The van der Waals surface area contributed by atoms with Gasteiger partial charge in [-0.15, -0.1) is 6.58 Å². The topological polar surface area (TPSA) is 97.1 Å². The van der Waals surface area contributed by atoms with Crippen molar-refractivity contribution in [3.05, 3.63) is 64.9 Å². The summed E-state index contributed by atoms with van der Waals surface area (Å²) in [6, 6.07) is 4.89. The predicted octanol–water partition coefficient (Wildman–Crippen LogP) is 3.51. The molecule has 3 heterocycles. The van der Waals surface area contributed by atoms with Crippen LogP contribution in [0.5, 0.6) is 0 Å². The third-order valence-electron chi connectivity index (χ3n) is 5.66. The summed E-state index contributed by atoms with van der Waals surface area (Å²) in [6.45, 7) is 5.44. The second kappa shape index (κ2) is 7.90. The Kier molecular flexibility index (Phi) is 5.37. The fourth-order valence-corrected chi connectivity index (χ4v) is 3.66. The number of alkyl halides is 2. The summed E-state index contributed by atoms with van der Waals surface area (Å²) < 4.78 is 27.6. The van der Waals surface area contributed by atoms with Gasteiger partial charge in [-0.25, -0.2) is 13.8 Å². The van der Waals surface area contributed by atoms with Crippen molar-refractivity contribution in [3.8, 4) is 11.1 Å². The Hall–Kier alpha value is -3.46. The second-order valence-corrected chi connectivity index (χ2v) is 8.02. The standard InChI is InChI=1S/C23H22F2N4O3/c1-4-5-19(30)17-6-12(2)15(11-26-17)14-7-13-10-27-20(8-18(13)29(3)22(14)32)28-21(31)16-9-23(16,24)25/h4,6-8,10-11,16,19,30H,1,5,9H2,2-3H3,(H,27,28,31)/t16-,19+/m0/s1. The Balaban J connectivity index is 1.69. The lowest BCUT2D eigenvalue weighted by Gasteiger charge is -2.14. The van der Waals surface area contributed by atoms with E-state index in [0.717, 1.165) is 5.56 Å². The highest BCUT2D eigenvalue weighted by atomic mass is 19.3. The highest BCUT2D eigenvalue weighted by Crippen LogP contribution is 2.49. The smallest absolute Gasteiger partial charge is 0.260 e. The molecule has 1 saturated carbocycles. The third kappa shape index (κ3) is 3.91. The summed E-state index contributed by atoms with van der Waals surface area (Å²) in [6.07, 6.45) is 3.76. The van der Waals surface area contributed by atoms with Crippen molar-refractivity contribution in [2.45, 2.75) is 31.8 Å². The number of fused-ring (bicyclic) bond motifs is 1. The molecule has 0 aromatic carbocycles. The molecular formula is C23H22F2N4O3. The Bertz CT molecular complexity index is 1300. The molecule has 1 aliphatic carbocycles. The average Bonchev–Trinajstić information content (AvgIpc) is 3.40. The van der Waals surface area contributed by atoms with Crippen molar-refractivity contribution < 1.29 is 18.7 Å². The van der Waals surface area contributed by atoms with Crippen LogP contribution in [0.1, 0.15) is 30.2 Å². The van der Waals surface area contributed by atoms with E-state index in [1.807, 2.05) is 6.92 Å². The van der Waals surface area contributed by atoms with Gasteiger partial charge in [0.25, 0.3) is 11.5 Å². The monoisotopic (exact) mass is 440 g/mol. The molecule has 1 fully saturated rings. The first-order valence-electron chi connectivity index (χ1n) is 10.1. The number of nitrogens with zero attached hydrogens (tertiary/aromatic N) is 3. The normalized spacial score (nSPS) is 17.7. The quantitative estimate of drug-likeness (QED) is 0.572. The molecule has 3 aromatic heterocycles. The van der Waals surface area contributed by atoms with Crippen LogP contribution in [-0.4, -0.2) is 31.5 Å². The molecule has 32 heavy (non-hydrogen) atoms. The Labute approximate surface area is 182 Å². The number of hydrogen-bond acceptors (Lipinski definition) is 5. The number of carbonyl (C=O) groups excluding carboxylic acids is 1. The van der Waals surface area contributed by atoms with E-state index in [-0.39, 0.29) is 11.4 Å². The highest BCUT2D eigenvalue weighted by molar-refractivity contribution is 5.96. The average molecular weight is 440 g/mol. The zero-order valence-electron chi connectivity index (χ0n) is 17.6. The predicted molar refractivity (Wildman–Crippen MR) is 116 cm³/mol. The van der Waals surface area contributed by atoms with E-state index in [9.17, 15) is 23.5 Å². The van der Waals surface area contributed by atoms with Crippen molar-refractivity contribution in [1.82, 2.24) is 14.5 Å². The number of aryl methyl sites for hydroxylation is 2. The van der Waals surface area contributed by atoms with Gasteiger partial charge in [-0.1, -0.05) is 6.08 Å². The van der Waals surface area contributed by atoms with Crippen LogP contribution in [-0.2, 0) is 11.8 Å². The van der Waals surface area contributed by atoms with E-state index >= 15 is 0 Å². The Morgan fingerprint density at radius 3 is 2.69 bits per heavy atom. The molecule has 3 aromatic rings. The number of amides is 1. The summed E-state index contributed by atoms with van der Waals surface area (Å²) in [5.74, 6) is -4.99. The van der Waals surface area contributed by atoms with Crippen LogP contribution in [0.15, 0.2) is 48.0 Å². The molecule has 0 bridgehead atoms. The summed E-state index contributed by atoms with van der Waals surface area (Å²) in [5.41, 5.74) is 2.50. The lowest BCUT2D eigenvalue weighted by molar-refractivity contribution is -0.119. The molecule has 166 valence electrons. The lowest BCUT2D eigenvalue weighted by atomic mass is 10.0. The van der Waals surface area contributed by atoms with E-state index in [4.69, 9.17) is 0 Å². The number of aliphatic hydroxyl groups excluding tert-OH is 1. The van der Waals surface area contributed by atoms with E-state index in [0.29, 0.717) is 34.1 Å². The van der Waals surface area contributed by atoms with Crippen LogP contribution >= 0.6 is 0 Å². The molecule has 7 nitrogen and oxygen atoms in total. The first kappa shape index (κ1) is 21.8. The van der Waals surface area contributed by atoms with Crippen LogP contribution in [0.4, 0.5) is 14.6 Å².